The van der Waals surface area contributed by atoms with Crippen LogP contribution in [0.5, 0.6) is 0 Å². The van der Waals surface area contributed by atoms with Crippen LogP contribution in [0.1, 0.15) is 24.8 Å². The Kier molecular flexibility index (Phi) is 5.70. The summed E-state index contributed by atoms with van der Waals surface area (Å²) in [6, 6.07) is 5.52. The van der Waals surface area contributed by atoms with Crippen molar-refractivity contribution in [1.29, 1.82) is 0 Å². The summed E-state index contributed by atoms with van der Waals surface area (Å²) in [6.07, 6.45) is 2.78. The maximum atomic E-state index is 12.2. The van der Waals surface area contributed by atoms with E-state index in [0.29, 0.717) is 28.9 Å². The second kappa shape index (κ2) is 7.30. The first-order valence-corrected chi connectivity index (χ1v) is 7.71. The van der Waals surface area contributed by atoms with Gasteiger partial charge in [-0.15, -0.1) is 0 Å². The monoisotopic (exact) mass is 314 g/mol. The number of carbonyl (C=O) groups is 1. The summed E-state index contributed by atoms with van der Waals surface area (Å²) in [5.74, 6) is 0.675. The highest BCUT2D eigenvalue weighted by Crippen LogP contribution is 2.26. The number of hydrogen-bond acceptors (Lipinski definition) is 2. The van der Waals surface area contributed by atoms with E-state index in [4.69, 9.17) is 23.2 Å². The fraction of sp³-hybridized carbons (Fsp3) is 0.533. The van der Waals surface area contributed by atoms with Gasteiger partial charge in [0.15, 0.2) is 0 Å². The van der Waals surface area contributed by atoms with E-state index in [1.165, 1.54) is 0 Å². The Morgan fingerprint density at radius 2 is 2.05 bits per heavy atom. The molecular weight excluding hydrogens is 295 g/mol. The van der Waals surface area contributed by atoms with Crippen LogP contribution in [0.4, 0.5) is 0 Å². The van der Waals surface area contributed by atoms with Gasteiger partial charge in [-0.2, -0.15) is 0 Å². The van der Waals surface area contributed by atoms with Crippen molar-refractivity contribution in [2.75, 3.05) is 20.1 Å². The molecule has 1 N–H and O–H groups in total. The zero-order valence-electron chi connectivity index (χ0n) is 11.7. The third-order valence-electron chi connectivity index (χ3n) is 3.79. The van der Waals surface area contributed by atoms with Crippen LogP contribution in [0.15, 0.2) is 18.2 Å². The van der Waals surface area contributed by atoms with Crippen LogP contribution in [-0.4, -0.2) is 30.9 Å². The number of carbonyl (C=O) groups excluding carboxylic acids is 1. The first kappa shape index (κ1) is 15.6. The van der Waals surface area contributed by atoms with Crippen molar-refractivity contribution in [2.24, 2.45) is 5.92 Å². The van der Waals surface area contributed by atoms with Crippen molar-refractivity contribution in [3.8, 4) is 0 Å². The summed E-state index contributed by atoms with van der Waals surface area (Å²) in [7, 11) is 1.82. The number of halogens is 2. The molecule has 110 valence electrons. The summed E-state index contributed by atoms with van der Waals surface area (Å²) < 4.78 is 0. The van der Waals surface area contributed by atoms with Gasteiger partial charge >= 0.3 is 0 Å². The molecule has 20 heavy (non-hydrogen) atoms. The van der Waals surface area contributed by atoms with Crippen LogP contribution in [0.3, 0.4) is 0 Å². The molecule has 2 rings (SSSR count). The van der Waals surface area contributed by atoms with Gasteiger partial charge in [-0.05, 0) is 43.5 Å². The number of hydrogen-bond donors (Lipinski definition) is 1. The number of benzene rings is 1. The zero-order chi connectivity index (χ0) is 14.5. The Morgan fingerprint density at radius 1 is 1.35 bits per heavy atom. The van der Waals surface area contributed by atoms with E-state index in [9.17, 15) is 4.79 Å². The molecule has 5 heteroatoms. The number of nitrogens with one attached hydrogen (secondary N) is 1. The molecule has 0 aliphatic carbocycles. The summed E-state index contributed by atoms with van der Waals surface area (Å²) in [5.41, 5.74) is 0.889. The van der Waals surface area contributed by atoms with E-state index in [2.05, 4.69) is 5.32 Å². The van der Waals surface area contributed by atoms with Crippen LogP contribution in [0, 0.1) is 5.92 Å². The average Bonchev–Trinajstić information content (AvgIpc) is 2.45. The highest BCUT2D eigenvalue weighted by molar-refractivity contribution is 6.42. The Morgan fingerprint density at radius 3 is 2.75 bits per heavy atom. The molecule has 0 radical (unpaired) electrons. The van der Waals surface area contributed by atoms with Crippen LogP contribution in [0.25, 0.3) is 0 Å². The SMILES string of the molecule is CN(Cc1cccc(Cl)c1Cl)C(=O)CC1CCNCC1. The molecule has 0 bridgehead atoms. The molecule has 3 nitrogen and oxygen atoms in total. The van der Waals surface area contributed by atoms with Crippen LogP contribution < -0.4 is 5.32 Å². The molecule has 1 aliphatic rings. The fourth-order valence-electron chi connectivity index (χ4n) is 2.50. The van der Waals surface area contributed by atoms with E-state index in [0.717, 1.165) is 31.5 Å². The molecule has 1 aliphatic heterocycles. The van der Waals surface area contributed by atoms with Gasteiger partial charge in [0, 0.05) is 20.0 Å². The van der Waals surface area contributed by atoms with Crippen molar-refractivity contribution in [3.05, 3.63) is 33.8 Å². The van der Waals surface area contributed by atoms with E-state index >= 15 is 0 Å². The summed E-state index contributed by atoms with van der Waals surface area (Å²) >= 11 is 12.1. The van der Waals surface area contributed by atoms with E-state index < -0.39 is 0 Å². The number of piperidine rings is 1. The molecule has 0 aromatic heterocycles. The molecule has 1 heterocycles. The van der Waals surface area contributed by atoms with Crippen molar-refractivity contribution in [3.63, 3.8) is 0 Å². The molecule has 1 aromatic rings. The van der Waals surface area contributed by atoms with Crippen molar-refractivity contribution >= 4 is 29.1 Å². The van der Waals surface area contributed by atoms with Crippen molar-refractivity contribution < 1.29 is 4.79 Å². The van der Waals surface area contributed by atoms with Gasteiger partial charge in [-0.1, -0.05) is 35.3 Å². The molecule has 0 unspecified atom stereocenters. The second-order valence-electron chi connectivity index (χ2n) is 5.36. The van der Waals surface area contributed by atoms with Gasteiger partial charge in [0.25, 0.3) is 0 Å². The number of amides is 1. The first-order valence-electron chi connectivity index (χ1n) is 6.95. The summed E-state index contributed by atoms with van der Waals surface area (Å²) in [6.45, 7) is 2.53. The molecule has 1 saturated heterocycles. The Bertz CT molecular complexity index is 473. The molecule has 0 atom stereocenters. The molecule has 1 amide bonds. The van der Waals surface area contributed by atoms with Crippen molar-refractivity contribution in [2.45, 2.75) is 25.8 Å². The lowest BCUT2D eigenvalue weighted by Gasteiger charge is -2.25. The number of rotatable bonds is 4. The average molecular weight is 315 g/mol. The van der Waals surface area contributed by atoms with Crippen LogP contribution >= 0.6 is 23.2 Å². The van der Waals surface area contributed by atoms with Gasteiger partial charge in [-0.25, -0.2) is 0 Å². The molecule has 1 aromatic carbocycles. The summed E-state index contributed by atoms with van der Waals surface area (Å²) in [4.78, 5) is 14.0. The highest BCUT2D eigenvalue weighted by atomic mass is 35.5. The third kappa shape index (κ3) is 4.11. The van der Waals surface area contributed by atoms with E-state index in [-0.39, 0.29) is 5.91 Å². The quantitative estimate of drug-likeness (QED) is 0.924. The molecule has 0 saturated carbocycles. The van der Waals surface area contributed by atoms with Crippen LogP contribution in [-0.2, 0) is 11.3 Å². The highest BCUT2D eigenvalue weighted by Gasteiger charge is 2.19. The van der Waals surface area contributed by atoms with Gasteiger partial charge in [0.2, 0.25) is 5.91 Å². The second-order valence-corrected chi connectivity index (χ2v) is 6.15. The van der Waals surface area contributed by atoms with Gasteiger partial charge in [-0.3, -0.25) is 4.79 Å². The topological polar surface area (TPSA) is 32.3 Å². The standard InChI is InChI=1S/C15H20Cl2N2O/c1-19(10-12-3-2-4-13(16)15(12)17)14(20)9-11-5-7-18-8-6-11/h2-4,11,18H,5-10H2,1H3. The minimum atomic E-state index is 0.174. The minimum Gasteiger partial charge on any atom is -0.341 e. The zero-order valence-corrected chi connectivity index (χ0v) is 13.2. The smallest absolute Gasteiger partial charge is 0.222 e. The largest absolute Gasteiger partial charge is 0.341 e. The summed E-state index contributed by atoms with van der Waals surface area (Å²) in [5, 5.41) is 4.38. The predicted molar refractivity (Wildman–Crippen MR) is 83.1 cm³/mol. The Balaban J connectivity index is 1.91. The third-order valence-corrected chi connectivity index (χ3v) is 4.64. The van der Waals surface area contributed by atoms with E-state index in [1.807, 2.05) is 19.2 Å². The molecule has 1 fully saturated rings. The lowest BCUT2D eigenvalue weighted by atomic mass is 9.94. The fourth-order valence-corrected chi connectivity index (χ4v) is 2.88. The Labute approximate surface area is 130 Å². The predicted octanol–water partition coefficient (Wildman–Crippen LogP) is 3.34. The van der Waals surface area contributed by atoms with Crippen LogP contribution in [0.2, 0.25) is 10.0 Å². The maximum Gasteiger partial charge on any atom is 0.222 e. The van der Waals surface area contributed by atoms with Gasteiger partial charge in [0.05, 0.1) is 10.0 Å². The van der Waals surface area contributed by atoms with Crippen molar-refractivity contribution in [1.82, 2.24) is 10.2 Å². The molecule has 0 spiro atoms. The Hall–Kier alpha value is -0.770. The first-order chi connectivity index (χ1) is 9.58. The minimum absolute atomic E-state index is 0.174. The van der Waals surface area contributed by atoms with Gasteiger partial charge in [0.1, 0.15) is 0 Å². The molecular formula is C15H20Cl2N2O. The normalized spacial score (nSPS) is 16.1. The lowest BCUT2D eigenvalue weighted by Crippen LogP contribution is -2.33. The number of nitrogens with zero attached hydrogens (tertiary/aromatic N) is 1. The van der Waals surface area contributed by atoms with Gasteiger partial charge < -0.3 is 10.2 Å². The maximum absolute atomic E-state index is 12.2. The van der Waals surface area contributed by atoms with E-state index in [1.54, 1.807) is 11.0 Å². The lowest BCUT2D eigenvalue weighted by molar-refractivity contribution is -0.131.